The van der Waals surface area contributed by atoms with Crippen LogP contribution in [0.3, 0.4) is 0 Å². The summed E-state index contributed by atoms with van der Waals surface area (Å²) in [5, 5.41) is 5.79. The molecule has 1 saturated heterocycles. The minimum absolute atomic E-state index is 0.156. The number of carbonyl (C=O) groups excluding carboxylic acids is 1. The van der Waals surface area contributed by atoms with Gasteiger partial charge in [-0.2, -0.15) is 19.4 Å². The first-order valence-corrected chi connectivity index (χ1v) is 16.6. The second-order valence-corrected chi connectivity index (χ2v) is 11.7. The molecule has 0 amide bonds. The van der Waals surface area contributed by atoms with Crippen molar-refractivity contribution < 1.29 is 42.1 Å². The molecule has 0 aromatic heterocycles. The van der Waals surface area contributed by atoms with E-state index in [9.17, 15) is 9.36 Å². The molecule has 1 aliphatic rings. The van der Waals surface area contributed by atoms with Crippen LogP contribution < -0.4 is 24.3 Å². The molecule has 1 aliphatic heterocycles. The van der Waals surface area contributed by atoms with Gasteiger partial charge in [-0.3, -0.25) is 4.79 Å². The number of allylic oxidation sites excluding steroid dienone is 1. The van der Waals surface area contributed by atoms with Crippen LogP contribution in [0.4, 0.5) is 0 Å². The molecule has 3 rings (SSSR count). The van der Waals surface area contributed by atoms with Gasteiger partial charge in [0.1, 0.15) is 11.8 Å². The van der Waals surface area contributed by atoms with Crippen LogP contribution in [0.25, 0.3) is 11.3 Å². The molecule has 2 unspecified atom stereocenters. The van der Waals surface area contributed by atoms with E-state index < -0.39 is 13.9 Å². The number of nitrogens with zero attached hydrogens (tertiary/aromatic N) is 2. The lowest BCUT2D eigenvalue weighted by molar-refractivity contribution is -0.164. The van der Waals surface area contributed by atoms with Gasteiger partial charge in [-0.05, 0) is 48.9 Å². The number of halogens is 2. The molecular formula is C30H40Cl2N3O9P. The number of Topliss-reactive ketones (excluding diaryl/α,β-unsaturated/α-hetero) is 1. The van der Waals surface area contributed by atoms with Crippen molar-refractivity contribution in [2.24, 2.45) is 0 Å². The summed E-state index contributed by atoms with van der Waals surface area (Å²) >= 11 is 12.0. The summed E-state index contributed by atoms with van der Waals surface area (Å²) in [6, 6.07) is 9.19. The van der Waals surface area contributed by atoms with Gasteiger partial charge in [0.05, 0.1) is 28.4 Å². The lowest BCUT2D eigenvalue weighted by Crippen LogP contribution is -2.54. The third-order valence-corrected chi connectivity index (χ3v) is 8.35. The molecular weight excluding hydrogens is 648 g/mol. The molecule has 1 heterocycles. The number of piperazine rings is 1. The van der Waals surface area contributed by atoms with Gasteiger partial charge >= 0.3 is 7.82 Å². The zero-order valence-corrected chi connectivity index (χ0v) is 28.5. The Morgan fingerprint density at radius 1 is 0.978 bits per heavy atom. The molecule has 12 nitrogen and oxygen atoms in total. The van der Waals surface area contributed by atoms with Crippen molar-refractivity contribution in [3.8, 4) is 23.0 Å². The van der Waals surface area contributed by atoms with E-state index in [0.29, 0.717) is 40.7 Å². The molecule has 248 valence electrons. The number of nitrogens with one attached hydrogen (secondary N) is 1. The van der Waals surface area contributed by atoms with Crippen molar-refractivity contribution in [3.05, 3.63) is 60.2 Å². The standard InChI is InChI=1S/C30H40Cl2N3O9P/c1-7-25(23-9-11-27(39-4)29(19-23)41-6)42-45(37,43-34(15-12-31)16-13-32)44-35-17-14-33-20-24(35)30(36)21(2)22-8-10-26(38-3)28(18-22)40-5/h7-11,18-19,24,33H,2,12-17,20H2,1,3-6H3/b25-7+. The first-order chi connectivity index (χ1) is 21.7. The van der Waals surface area contributed by atoms with Crippen molar-refractivity contribution in [2.75, 3.05) is 72.9 Å². The number of hydrogen-bond acceptors (Lipinski definition) is 12. The Bertz CT molecular complexity index is 1390. The quantitative estimate of drug-likeness (QED) is 0.0710. The van der Waals surface area contributed by atoms with Crippen LogP contribution in [-0.2, 0) is 23.1 Å². The molecule has 1 N–H and O–H groups in total. The summed E-state index contributed by atoms with van der Waals surface area (Å²) in [6.45, 7) is 6.89. The summed E-state index contributed by atoms with van der Waals surface area (Å²) < 4.78 is 53.9. The maximum Gasteiger partial charge on any atom is 0.564 e. The maximum absolute atomic E-state index is 14.5. The summed E-state index contributed by atoms with van der Waals surface area (Å²) in [7, 11) is 1.51. The minimum Gasteiger partial charge on any atom is -0.493 e. The zero-order valence-electron chi connectivity index (χ0n) is 26.0. The van der Waals surface area contributed by atoms with E-state index in [0.717, 1.165) is 0 Å². The second-order valence-electron chi connectivity index (χ2n) is 9.50. The normalized spacial score (nSPS) is 17.0. The molecule has 0 radical (unpaired) electrons. The van der Waals surface area contributed by atoms with E-state index in [1.165, 1.54) is 38.6 Å². The Morgan fingerprint density at radius 3 is 2.07 bits per heavy atom. The van der Waals surface area contributed by atoms with Crippen LogP contribution >= 0.6 is 31.0 Å². The lowest BCUT2D eigenvalue weighted by atomic mass is 9.97. The average molecular weight is 689 g/mol. The molecule has 2 aromatic rings. The molecule has 2 aromatic carbocycles. The van der Waals surface area contributed by atoms with Crippen LogP contribution in [-0.4, -0.2) is 94.9 Å². The first-order valence-electron chi connectivity index (χ1n) is 14.0. The van der Waals surface area contributed by atoms with Gasteiger partial charge in [-0.15, -0.1) is 23.2 Å². The summed E-state index contributed by atoms with van der Waals surface area (Å²) in [5.41, 5.74) is 1.23. The van der Waals surface area contributed by atoms with E-state index in [4.69, 9.17) is 55.9 Å². The number of rotatable bonds is 18. The molecule has 0 bridgehead atoms. The highest BCUT2D eigenvalue weighted by atomic mass is 35.5. The third kappa shape index (κ3) is 9.60. The number of phosphoric acid groups is 1. The number of methoxy groups -OCH3 is 4. The molecule has 0 aliphatic carbocycles. The Morgan fingerprint density at radius 2 is 1.53 bits per heavy atom. The Balaban J connectivity index is 1.95. The van der Waals surface area contributed by atoms with Crippen molar-refractivity contribution in [1.29, 1.82) is 0 Å². The van der Waals surface area contributed by atoms with E-state index in [2.05, 4.69) is 11.9 Å². The highest BCUT2D eigenvalue weighted by Gasteiger charge is 2.42. The Kier molecular flexibility index (Phi) is 14.5. The van der Waals surface area contributed by atoms with Gasteiger partial charge in [0, 0.05) is 55.6 Å². The topological polar surface area (TPSA) is 117 Å². The number of benzene rings is 2. The fourth-order valence-electron chi connectivity index (χ4n) is 4.46. The summed E-state index contributed by atoms with van der Waals surface area (Å²) in [6.07, 6.45) is 1.60. The Hall–Kier alpha value is -2.80. The second kappa shape index (κ2) is 17.8. The number of hydrogen-bond donors (Lipinski definition) is 1. The van der Waals surface area contributed by atoms with Crippen molar-refractivity contribution in [3.63, 3.8) is 0 Å². The number of ketones is 1. The van der Waals surface area contributed by atoms with Gasteiger partial charge in [-0.25, -0.2) is 4.57 Å². The predicted octanol–water partition coefficient (Wildman–Crippen LogP) is 5.41. The number of alkyl halides is 2. The minimum atomic E-state index is -4.54. The van der Waals surface area contributed by atoms with E-state index in [-0.39, 0.29) is 55.1 Å². The van der Waals surface area contributed by atoms with Crippen molar-refractivity contribution in [1.82, 2.24) is 15.4 Å². The molecule has 1 fully saturated rings. The molecule has 0 spiro atoms. The van der Waals surface area contributed by atoms with Crippen LogP contribution in [0.2, 0.25) is 0 Å². The van der Waals surface area contributed by atoms with Crippen LogP contribution in [0.1, 0.15) is 18.1 Å². The SMILES string of the molecule is C=C(C(=O)C1CNCCN1OP(=O)(O/C(=C/C)c1ccc(OC)c(OC)c1)ON(CCCl)CCCl)c1ccc(OC)c(OC)c1. The third-order valence-electron chi connectivity index (χ3n) is 6.75. The number of ether oxygens (including phenoxy) is 4. The molecule has 15 heteroatoms. The van der Waals surface area contributed by atoms with Crippen LogP contribution in [0.5, 0.6) is 23.0 Å². The summed E-state index contributed by atoms with van der Waals surface area (Å²) in [5.74, 6) is 1.99. The van der Waals surface area contributed by atoms with Crippen LogP contribution in [0, 0.1) is 0 Å². The van der Waals surface area contributed by atoms with Crippen LogP contribution in [0.15, 0.2) is 49.1 Å². The van der Waals surface area contributed by atoms with Gasteiger partial charge in [0.2, 0.25) is 0 Å². The van der Waals surface area contributed by atoms with Gasteiger partial charge < -0.3 is 28.8 Å². The molecule has 2 atom stereocenters. The zero-order chi connectivity index (χ0) is 33.0. The largest absolute Gasteiger partial charge is 0.564 e. The van der Waals surface area contributed by atoms with Crippen molar-refractivity contribution in [2.45, 2.75) is 13.0 Å². The fourth-order valence-corrected chi connectivity index (χ4v) is 6.28. The highest BCUT2D eigenvalue weighted by molar-refractivity contribution is 7.48. The van der Waals surface area contributed by atoms with E-state index >= 15 is 0 Å². The van der Waals surface area contributed by atoms with Crippen molar-refractivity contribution >= 4 is 48.1 Å². The van der Waals surface area contributed by atoms with Gasteiger partial charge in [0.15, 0.2) is 28.8 Å². The molecule has 45 heavy (non-hydrogen) atoms. The smallest absolute Gasteiger partial charge is 0.493 e. The monoisotopic (exact) mass is 687 g/mol. The van der Waals surface area contributed by atoms with Gasteiger partial charge in [-0.1, -0.05) is 12.6 Å². The number of carbonyl (C=O) groups is 1. The summed E-state index contributed by atoms with van der Waals surface area (Å²) in [4.78, 5) is 13.8. The van der Waals surface area contributed by atoms with E-state index in [1.54, 1.807) is 49.4 Å². The van der Waals surface area contributed by atoms with E-state index in [1.807, 2.05) is 0 Å². The highest BCUT2D eigenvalue weighted by Crippen LogP contribution is 2.55. The fraction of sp³-hybridized carbons (Fsp3) is 0.433. The average Bonchev–Trinajstić information content (AvgIpc) is 3.06. The first kappa shape index (κ1) is 36.7. The predicted molar refractivity (Wildman–Crippen MR) is 174 cm³/mol. The Labute approximate surface area is 274 Å². The lowest BCUT2D eigenvalue weighted by Gasteiger charge is -2.36. The van der Waals surface area contributed by atoms with Gasteiger partial charge in [0.25, 0.3) is 0 Å². The molecule has 0 saturated carbocycles. The number of hydroxylamine groups is 4. The maximum atomic E-state index is 14.5.